The number of rotatable bonds is 4. The second-order valence-corrected chi connectivity index (χ2v) is 6.06. The third-order valence-corrected chi connectivity index (χ3v) is 4.42. The van der Waals surface area contributed by atoms with E-state index in [9.17, 15) is 9.59 Å². The van der Waals surface area contributed by atoms with Crippen molar-refractivity contribution in [2.45, 2.75) is 6.42 Å². The van der Waals surface area contributed by atoms with Crippen molar-refractivity contribution in [2.75, 3.05) is 20.2 Å². The number of nitrogens with one attached hydrogen (secondary N) is 1. The summed E-state index contributed by atoms with van der Waals surface area (Å²) in [5.41, 5.74) is 1.19. The van der Waals surface area contributed by atoms with Crippen LogP contribution < -0.4 is 10.3 Å². The Labute approximate surface area is 138 Å². The van der Waals surface area contributed by atoms with E-state index in [0.29, 0.717) is 30.3 Å². The van der Waals surface area contributed by atoms with Gasteiger partial charge in [-0.3, -0.25) is 9.59 Å². The van der Waals surface area contributed by atoms with Crippen LogP contribution in [0.1, 0.15) is 15.9 Å². The minimum Gasteiger partial charge on any atom is -0.496 e. The molecule has 1 saturated heterocycles. The summed E-state index contributed by atoms with van der Waals surface area (Å²) in [7, 11) is 1.45. The SMILES string of the molecule is COc1cc(=O)[nH]cc1C(=O)N1CC(Cc2ccccc2Cl)C1. The molecule has 1 N–H and O–H groups in total. The Morgan fingerprint density at radius 2 is 2.13 bits per heavy atom. The highest BCUT2D eigenvalue weighted by molar-refractivity contribution is 6.31. The minimum absolute atomic E-state index is 0.131. The van der Waals surface area contributed by atoms with Crippen molar-refractivity contribution in [2.24, 2.45) is 5.92 Å². The van der Waals surface area contributed by atoms with Gasteiger partial charge in [-0.1, -0.05) is 29.8 Å². The molecular weight excluding hydrogens is 316 g/mol. The molecule has 1 fully saturated rings. The Morgan fingerprint density at radius 3 is 2.83 bits per heavy atom. The van der Waals surface area contributed by atoms with E-state index in [0.717, 1.165) is 17.0 Å². The third kappa shape index (κ3) is 3.24. The highest BCUT2D eigenvalue weighted by Crippen LogP contribution is 2.27. The lowest BCUT2D eigenvalue weighted by Crippen LogP contribution is -2.50. The number of aromatic nitrogens is 1. The van der Waals surface area contributed by atoms with Crippen LogP contribution in [0.25, 0.3) is 0 Å². The summed E-state index contributed by atoms with van der Waals surface area (Å²) in [6, 6.07) is 9.05. The van der Waals surface area contributed by atoms with Gasteiger partial charge in [-0.2, -0.15) is 0 Å². The van der Waals surface area contributed by atoms with E-state index in [-0.39, 0.29) is 11.5 Å². The number of pyridine rings is 1. The van der Waals surface area contributed by atoms with Crippen molar-refractivity contribution in [1.29, 1.82) is 0 Å². The molecule has 2 heterocycles. The standard InChI is InChI=1S/C17H17ClN2O3/c1-23-15-7-16(21)19-8-13(15)17(22)20-9-11(10-20)6-12-4-2-3-5-14(12)18/h2-5,7-8,11H,6,9-10H2,1H3,(H,19,21). The number of nitrogens with zero attached hydrogens (tertiary/aromatic N) is 1. The van der Waals surface area contributed by atoms with Crippen LogP contribution in [0.4, 0.5) is 0 Å². The molecule has 5 nitrogen and oxygen atoms in total. The Morgan fingerprint density at radius 1 is 1.39 bits per heavy atom. The second kappa shape index (κ2) is 6.46. The number of likely N-dealkylation sites (tertiary alicyclic amines) is 1. The van der Waals surface area contributed by atoms with Gasteiger partial charge < -0.3 is 14.6 Å². The van der Waals surface area contributed by atoms with Gasteiger partial charge in [-0.05, 0) is 24.0 Å². The summed E-state index contributed by atoms with van der Waals surface area (Å²) < 4.78 is 5.12. The molecule has 1 aromatic heterocycles. The van der Waals surface area contributed by atoms with Crippen LogP contribution >= 0.6 is 11.6 Å². The van der Waals surface area contributed by atoms with Gasteiger partial charge in [-0.25, -0.2) is 0 Å². The van der Waals surface area contributed by atoms with Gasteiger partial charge in [0.15, 0.2) is 0 Å². The maximum Gasteiger partial charge on any atom is 0.259 e. The van der Waals surface area contributed by atoms with Gasteiger partial charge in [0, 0.05) is 30.4 Å². The van der Waals surface area contributed by atoms with Crippen LogP contribution in [0.2, 0.25) is 5.02 Å². The summed E-state index contributed by atoms with van der Waals surface area (Å²) in [6.07, 6.45) is 2.26. The lowest BCUT2D eigenvalue weighted by atomic mass is 9.91. The van der Waals surface area contributed by atoms with Crippen molar-refractivity contribution < 1.29 is 9.53 Å². The highest BCUT2D eigenvalue weighted by Gasteiger charge is 2.32. The van der Waals surface area contributed by atoms with Gasteiger partial charge in [0.2, 0.25) is 0 Å². The summed E-state index contributed by atoms with van der Waals surface area (Å²) in [6.45, 7) is 1.35. The van der Waals surface area contributed by atoms with Crippen LogP contribution in [0, 0.1) is 5.92 Å². The predicted octanol–water partition coefficient (Wildman–Crippen LogP) is 2.35. The van der Waals surface area contributed by atoms with Crippen molar-refractivity contribution in [1.82, 2.24) is 9.88 Å². The fraction of sp³-hybridized carbons (Fsp3) is 0.294. The van der Waals surface area contributed by atoms with Gasteiger partial charge in [0.05, 0.1) is 12.7 Å². The van der Waals surface area contributed by atoms with E-state index in [1.807, 2.05) is 24.3 Å². The first-order valence-corrected chi connectivity index (χ1v) is 7.75. The van der Waals surface area contributed by atoms with Gasteiger partial charge in [0.1, 0.15) is 5.75 Å². The molecule has 1 amide bonds. The summed E-state index contributed by atoms with van der Waals surface area (Å²) >= 11 is 6.17. The zero-order valence-electron chi connectivity index (χ0n) is 12.7. The molecule has 1 aromatic carbocycles. The fourth-order valence-corrected chi connectivity index (χ4v) is 3.01. The lowest BCUT2D eigenvalue weighted by Gasteiger charge is -2.39. The molecular formula is C17H17ClN2O3. The molecule has 0 radical (unpaired) electrons. The number of benzene rings is 1. The molecule has 1 aliphatic heterocycles. The molecule has 0 bridgehead atoms. The first-order valence-electron chi connectivity index (χ1n) is 7.38. The number of aromatic amines is 1. The van der Waals surface area contributed by atoms with Gasteiger partial charge in [0.25, 0.3) is 11.5 Å². The number of ether oxygens (including phenoxy) is 1. The Kier molecular flexibility index (Phi) is 4.39. The first-order chi connectivity index (χ1) is 11.1. The average Bonchev–Trinajstić information content (AvgIpc) is 2.51. The molecule has 3 rings (SSSR count). The minimum atomic E-state index is -0.293. The van der Waals surface area contributed by atoms with Crippen LogP contribution in [0.15, 0.2) is 41.3 Å². The van der Waals surface area contributed by atoms with E-state index >= 15 is 0 Å². The molecule has 0 saturated carbocycles. The lowest BCUT2D eigenvalue weighted by molar-refractivity contribution is 0.0497. The van der Waals surface area contributed by atoms with E-state index in [4.69, 9.17) is 16.3 Å². The predicted molar refractivity (Wildman–Crippen MR) is 88.2 cm³/mol. The Hall–Kier alpha value is -2.27. The average molecular weight is 333 g/mol. The number of carbonyl (C=O) groups is 1. The van der Waals surface area contributed by atoms with Crippen LogP contribution in [-0.2, 0) is 6.42 Å². The summed E-state index contributed by atoms with van der Waals surface area (Å²) in [5, 5.41) is 0.764. The number of carbonyl (C=O) groups excluding carboxylic acids is 1. The largest absolute Gasteiger partial charge is 0.496 e. The molecule has 6 heteroatoms. The van der Waals surface area contributed by atoms with Crippen LogP contribution in [-0.4, -0.2) is 36.0 Å². The molecule has 2 aromatic rings. The monoisotopic (exact) mass is 332 g/mol. The van der Waals surface area contributed by atoms with Crippen molar-refractivity contribution in [3.63, 3.8) is 0 Å². The van der Waals surface area contributed by atoms with Gasteiger partial charge in [-0.15, -0.1) is 0 Å². The Bertz CT molecular complexity index is 781. The number of hydrogen-bond acceptors (Lipinski definition) is 3. The smallest absolute Gasteiger partial charge is 0.259 e. The molecule has 0 aliphatic carbocycles. The maximum absolute atomic E-state index is 12.5. The topological polar surface area (TPSA) is 62.4 Å². The van der Waals surface area contributed by atoms with Crippen LogP contribution in [0.5, 0.6) is 5.75 Å². The molecule has 0 atom stereocenters. The fourth-order valence-electron chi connectivity index (χ4n) is 2.80. The summed E-state index contributed by atoms with van der Waals surface area (Å²) in [4.78, 5) is 28.0. The van der Waals surface area contributed by atoms with E-state index in [2.05, 4.69) is 4.98 Å². The third-order valence-electron chi connectivity index (χ3n) is 4.05. The van der Waals surface area contributed by atoms with E-state index < -0.39 is 0 Å². The Balaban J connectivity index is 1.64. The van der Waals surface area contributed by atoms with Crippen LogP contribution in [0.3, 0.4) is 0 Å². The van der Waals surface area contributed by atoms with Gasteiger partial charge >= 0.3 is 0 Å². The number of hydrogen-bond donors (Lipinski definition) is 1. The number of halogens is 1. The molecule has 23 heavy (non-hydrogen) atoms. The quantitative estimate of drug-likeness (QED) is 0.934. The van der Waals surface area contributed by atoms with Crippen molar-refractivity contribution in [3.05, 3.63) is 63.0 Å². The number of amides is 1. The normalized spacial score (nSPS) is 14.4. The highest BCUT2D eigenvalue weighted by atomic mass is 35.5. The van der Waals surface area contributed by atoms with Crippen molar-refractivity contribution in [3.8, 4) is 5.75 Å². The summed E-state index contributed by atoms with van der Waals surface area (Å²) in [5.74, 6) is 0.564. The zero-order chi connectivity index (χ0) is 16.4. The zero-order valence-corrected chi connectivity index (χ0v) is 13.5. The second-order valence-electron chi connectivity index (χ2n) is 5.65. The number of methoxy groups -OCH3 is 1. The van der Waals surface area contributed by atoms with E-state index in [1.165, 1.54) is 19.4 Å². The van der Waals surface area contributed by atoms with E-state index in [1.54, 1.807) is 4.90 Å². The van der Waals surface area contributed by atoms with Crippen molar-refractivity contribution >= 4 is 17.5 Å². The molecule has 120 valence electrons. The first kappa shape index (κ1) is 15.6. The molecule has 0 unspecified atom stereocenters. The maximum atomic E-state index is 12.5. The molecule has 1 aliphatic rings. The molecule has 0 spiro atoms. The number of H-pyrrole nitrogens is 1.